The van der Waals surface area contributed by atoms with Gasteiger partial charge >= 0.3 is 0 Å². The fraction of sp³-hybridized carbons (Fsp3) is 0.727. The number of ether oxygens (including phenoxy) is 2. The van der Waals surface area contributed by atoms with Gasteiger partial charge in [0, 0.05) is 29.8 Å². The molecule has 1 aromatic carbocycles. The first-order valence-corrected chi connectivity index (χ1v) is 10.5. The SMILES string of the molecule is CCCCOc1ccc2c(c1)[C@H]1OCCC[C@H]1[C@H](C1CCCCC1)N2. The lowest BCUT2D eigenvalue weighted by molar-refractivity contribution is -0.0459. The number of unbranched alkanes of at least 4 members (excludes halogenated alkanes) is 1. The number of anilines is 1. The zero-order valence-electron chi connectivity index (χ0n) is 15.6. The molecule has 1 saturated carbocycles. The zero-order chi connectivity index (χ0) is 17.1. The lowest BCUT2D eigenvalue weighted by atomic mass is 9.71. The van der Waals surface area contributed by atoms with E-state index in [2.05, 4.69) is 30.4 Å². The first kappa shape index (κ1) is 17.2. The van der Waals surface area contributed by atoms with Gasteiger partial charge in [0.25, 0.3) is 0 Å². The number of fused-ring (bicyclic) bond motifs is 3. The number of nitrogens with one attached hydrogen (secondary N) is 1. The van der Waals surface area contributed by atoms with Crippen LogP contribution in [0.1, 0.15) is 76.4 Å². The van der Waals surface area contributed by atoms with Crippen LogP contribution >= 0.6 is 0 Å². The van der Waals surface area contributed by atoms with Gasteiger partial charge in [0.2, 0.25) is 0 Å². The molecule has 0 unspecified atom stereocenters. The van der Waals surface area contributed by atoms with Crippen LogP contribution in [0.15, 0.2) is 18.2 Å². The first-order chi connectivity index (χ1) is 12.4. The standard InChI is InChI=1S/C22H33NO2/c1-2-3-13-24-17-11-12-20-19(15-17)22-18(10-7-14-25-22)21(23-20)16-8-5-4-6-9-16/h11-12,15-16,18,21-23H,2-10,13-14H2,1H3/t18-,21-,22-/m0/s1. The highest BCUT2D eigenvalue weighted by Crippen LogP contribution is 2.48. The minimum atomic E-state index is 0.256. The van der Waals surface area contributed by atoms with Crippen molar-refractivity contribution in [2.45, 2.75) is 76.9 Å². The van der Waals surface area contributed by atoms with Gasteiger partial charge < -0.3 is 14.8 Å². The van der Waals surface area contributed by atoms with Crippen LogP contribution in [-0.2, 0) is 4.74 Å². The Kier molecular flexibility index (Phi) is 5.50. The predicted octanol–water partition coefficient (Wildman–Crippen LogP) is 5.71. The molecule has 1 saturated heterocycles. The third-order valence-corrected chi connectivity index (χ3v) is 6.41. The molecule has 25 heavy (non-hydrogen) atoms. The van der Waals surface area contributed by atoms with E-state index in [1.54, 1.807) is 0 Å². The van der Waals surface area contributed by atoms with Crippen LogP contribution in [0, 0.1) is 11.8 Å². The summed E-state index contributed by atoms with van der Waals surface area (Å²) < 4.78 is 12.3. The molecule has 1 aliphatic carbocycles. The summed E-state index contributed by atoms with van der Waals surface area (Å²) in [4.78, 5) is 0. The molecule has 3 nitrogen and oxygen atoms in total. The summed E-state index contributed by atoms with van der Waals surface area (Å²) in [5, 5.41) is 3.92. The summed E-state index contributed by atoms with van der Waals surface area (Å²) in [7, 11) is 0. The molecule has 3 atom stereocenters. The Balaban J connectivity index is 1.57. The van der Waals surface area contributed by atoms with Crippen molar-refractivity contribution in [1.29, 1.82) is 0 Å². The van der Waals surface area contributed by atoms with Crippen molar-refractivity contribution < 1.29 is 9.47 Å². The molecule has 0 aromatic heterocycles. The topological polar surface area (TPSA) is 30.5 Å². The normalized spacial score (nSPS) is 29.4. The molecule has 3 heteroatoms. The van der Waals surface area contributed by atoms with E-state index in [-0.39, 0.29) is 6.10 Å². The zero-order valence-corrected chi connectivity index (χ0v) is 15.6. The highest BCUT2D eigenvalue weighted by Gasteiger charge is 2.42. The van der Waals surface area contributed by atoms with Crippen LogP contribution in [0.3, 0.4) is 0 Å². The average Bonchev–Trinajstić information content (AvgIpc) is 2.68. The van der Waals surface area contributed by atoms with Crippen LogP contribution in [0.2, 0.25) is 0 Å². The second-order valence-corrected chi connectivity index (χ2v) is 8.12. The van der Waals surface area contributed by atoms with Crippen molar-refractivity contribution in [1.82, 2.24) is 0 Å². The summed E-state index contributed by atoms with van der Waals surface area (Å²) in [5.41, 5.74) is 2.60. The largest absolute Gasteiger partial charge is 0.494 e. The Morgan fingerprint density at radius 1 is 1.12 bits per heavy atom. The lowest BCUT2D eigenvalue weighted by Crippen LogP contribution is -2.46. The average molecular weight is 344 g/mol. The van der Waals surface area contributed by atoms with E-state index >= 15 is 0 Å². The van der Waals surface area contributed by atoms with Gasteiger partial charge in [0.05, 0.1) is 12.7 Å². The van der Waals surface area contributed by atoms with Crippen molar-refractivity contribution in [3.63, 3.8) is 0 Å². The molecule has 1 aromatic rings. The molecule has 1 N–H and O–H groups in total. The van der Waals surface area contributed by atoms with Gasteiger partial charge in [-0.1, -0.05) is 32.6 Å². The highest BCUT2D eigenvalue weighted by molar-refractivity contribution is 5.58. The maximum absolute atomic E-state index is 6.31. The van der Waals surface area contributed by atoms with Crippen molar-refractivity contribution in [3.05, 3.63) is 23.8 Å². The van der Waals surface area contributed by atoms with Crippen molar-refractivity contribution in [3.8, 4) is 5.75 Å². The Morgan fingerprint density at radius 3 is 2.84 bits per heavy atom. The van der Waals surface area contributed by atoms with Crippen molar-refractivity contribution in [2.75, 3.05) is 18.5 Å². The monoisotopic (exact) mass is 343 g/mol. The predicted molar refractivity (Wildman–Crippen MR) is 102 cm³/mol. The molecule has 2 heterocycles. The first-order valence-electron chi connectivity index (χ1n) is 10.5. The van der Waals surface area contributed by atoms with Crippen LogP contribution < -0.4 is 10.1 Å². The number of hydrogen-bond acceptors (Lipinski definition) is 3. The third kappa shape index (κ3) is 3.67. The van der Waals surface area contributed by atoms with Crippen molar-refractivity contribution in [2.24, 2.45) is 11.8 Å². The summed E-state index contributed by atoms with van der Waals surface area (Å²) in [5.74, 6) is 2.44. The van der Waals surface area contributed by atoms with Gasteiger partial charge in [-0.3, -0.25) is 0 Å². The van der Waals surface area contributed by atoms with E-state index in [0.717, 1.165) is 31.3 Å². The molecular formula is C22H33NO2. The number of rotatable bonds is 5. The molecule has 138 valence electrons. The van der Waals surface area contributed by atoms with Gasteiger partial charge in [-0.15, -0.1) is 0 Å². The van der Waals surface area contributed by atoms with E-state index in [1.807, 2.05) is 0 Å². The minimum absolute atomic E-state index is 0.256. The quantitative estimate of drug-likeness (QED) is 0.695. The molecule has 0 amide bonds. The highest BCUT2D eigenvalue weighted by atomic mass is 16.5. The molecule has 4 rings (SSSR count). The molecule has 0 spiro atoms. The molecule has 2 fully saturated rings. The van der Waals surface area contributed by atoms with Crippen molar-refractivity contribution >= 4 is 5.69 Å². The Morgan fingerprint density at radius 2 is 2.00 bits per heavy atom. The van der Waals surface area contributed by atoms with Gasteiger partial charge in [0.15, 0.2) is 0 Å². The summed E-state index contributed by atoms with van der Waals surface area (Å²) in [6.45, 7) is 3.91. The molecule has 3 aliphatic rings. The summed E-state index contributed by atoms with van der Waals surface area (Å²) >= 11 is 0. The molecular weight excluding hydrogens is 310 g/mol. The summed E-state index contributed by atoms with van der Waals surface area (Å²) in [6.07, 6.45) is 12.0. The molecule has 0 radical (unpaired) electrons. The van der Waals surface area contributed by atoms with E-state index in [9.17, 15) is 0 Å². The fourth-order valence-corrected chi connectivity index (χ4v) is 5.07. The van der Waals surface area contributed by atoms with E-state index < -0.39 is 0 Å². The second-order valence-electron chi connectivity index (χ2n) is 8.12. The minimum Gasteiger partial charge on any atom is -0.494 e. The Bertz CT molecular complexity index is 567. The third-order valence-electron chi connectivity index (χ3n) is 6.41. The van der Waals surface area contributed by atoms with Crippen LogP contribution in [0.5, 0.6) is 5.75 Å². The number of hydrogen-bond donors (Lipinski definition) is 1. The van der Waals surface area contributed by atoms with E-state index in [1.165, 1.54) is 62.6 Å². The van der Waals surface area contributed by atoms with Gasteiger partial charge in [-0.05, 0) is 56.2 Å². The van der Waals surface area contributed by atoms with Crippen LogP contribution in [-0.4, -0.2) is 19.3 Å². The lowest BCUT2D eigenvalue weighted by Gasteiger charge is -2.47. The van der Waals surface area contributed by atoms with Gasteiger partial charge in [-0.25, -0.2) is 0 Å². The van der Waals surface area contributed by atoms with Gasteiger partial charge in [-0.2, -0.15) is 0 Å². The maximum Gasteiger partial charge on any atom is 0.119 e. The fourth-order valence-electron chi connectivity index (χ4n) is 5.07. The van der Waals surface area contributed by atoms with E-state index in [0.29, 0.717) is 12.0 Å². The van der Waals surface area contributed by atoms with Crippen LogP contribution in [0.25, 0.3) is 0 Å². The Hall–Kier alpha value is -1.22. The Labute approximate surface area is 152 Å². The molecule has 2 aliphatic heterocycles. The second kappa shape index (κ2) is 7.99. The van der Waals surface area contributed by atoms with Gasteiger partial charge in [0.1, 0.15) is 5.75 Å². The summed E-state index contributed by atoms with van der Waals surface area (Å²) in [6, 6.07) is 7.17. The number of benzene rings is 1. The smallest absolute Gasteiger partial charge is 0.119 e. The molecule has 0 bridgehead atoms. The van der Waals surface area contributed by atoms with E-state index in [4.69, 9.17) is 9.47 Å². The van der Waals surface area contributed by atoms with Crippen LogP contribution in [0.4, 0.5) is 5.69 Å². The maximum atomic E-state index is 6.31.